The van der Waals surface area contributed by atoms with E-state index < -0.39 is 12.1 Å². The summed E-state index contributed by atoms with van der Waals surface area (Å²) in [5, 5.41) is 2.73. The topological polar surface area (TPSA) is 49.4 Å². The molecule has 0 aliphatic carbocycles. The fraction of sp³-hybridized carbons (Fsp3) is 0.412. The Morgan fingerprint density at radius 2 is 2.00 bits per heavy atom. The van der Waals surface area contributed by atoms with E-state index in [0.717, 1.165) is 12.0 Å². The minimum absolute atomic E-state index is 0.125. The van der Waals surface area contributed by atoms with Gasteiger partial charge in [0.2, 0.25) is 11.8 Å². The molecule has 1 fully saturated rings. The molecule has 110 valence electrons. The summed E-state index contributed by atoms with van der Waals surface area (Å²) < 4.78 is 0. The maximum atomic E-state index is 12.5. The van der Waals surface area contributed by atoms with E-state index in [1.165, 1.54) is 0 Å². The van der Waals surface area contributed by atoms with Crippen LogP contribution < -0.4 is 5.32 Å². The number of piperazine rings is 1. The van der Waals surface area contributed by atoms with E-state index in [1.807, 2.05) is 37.3 Å². The third kappa shape index (κ3) is 2.92. The van der Waals surface area contributed by atoms with Gasteiger partial charge in [0.15, 0.2) is 0 Å². The molecule has 1 saturated heterocycles. The summed E-state index contributed by atoms with van der Waals surface area (Å²) in [6.07, 6.45) is 7.15. The van der Waals surface area contributed by atoms with Crippen molar-refractivity contribution < 1.29 is 9.59 Å². The lowest BCUT2D eigenvalue weighted by Crippen LogP contribution is -2.60. The maximum absolute atomic E-state index is 12.5. The van der Waals surface area contributed by atoms with Gasteiger partial charge in [-0.15, -0.1) is 6.42 Å². The molecule has 0 spiro atoms. The molecule has 1 aromatic rings. The van der Waals surface area contributed by atoms with Gasteiger partial charge in [0.05, 0.1) is 6.04 Å². The predicted molar refractivity (Wildman–Crippen MR) is 81.2 cm³/mol. The van der Waals surface area contributed by atoms with Gasteiger partial charge in [-0.05, 0) is 18.9 Å². The second kappa shape index (κ2) is 6.45. The van der Waals surface area contributed by atoms with Gasteiger partial charge in [0, 0.05) is 0 Å². The van der Waals surface area contributed by atoms with Gasteiger partial charge in [0.1, 0.15) is 12.1 Å². The van der Waals surface area contributed by atoms with Crippen LogP contribution in [0.2, 0.25) is 0 Å². The van der Waals surface area contributed by atoms with E-state index in [4.69, 9.17) is 6.42 Å². The van der Waals surface area contributed by atoms with Crippen molar-refractivity contribution in [2.45, 2.75) is 44.8 Å². The molecule has 4 nitrogen and oxygen atoms in total. The zero-order chi connectivity index (χ0) is 15.4. The van der Waals surface area contributed by atoms with E-state index in [2.05, 4.69) is 11.2 Å². The van der Waals surface area contributed by atoms with Crippen LogP contribution in [0, 0.1) is 12.3 Å². The second-order valence-electron chi connectivity index (χ2n) is 5.26. The maximum Gasteiger partial charge on any atom is 0.248 e. The van der Waals surface area contributed by atoms with Crippen molar-refractivity contribution in [3.05, 3.63) is 35.9 Å². The highest BCUT2D eigenvalue weighted by atomic mass is 16.2. The van der Waals surface area contributed by atoms with E-state index in [-0.39, 0.29) is 17.9 Å². The van der Waals surface area contributed by atoms with Crippen LogP contribution in [0.5, 0.6) is 0 Å². The summed E-state index contributed by atoms with van der Waals surface area (Å²) in [5.74, 6) is 2.37. The Labute approximate surface area is 125 Å². The lowest BCUT2D eigenvalue weighted by Gasteiger charge is -2.41. The molecule has 1 heterocycles. The summed E-state index contributed by atoms with van der Waals surface area (Å²) in [6, 6.07) is 7.74. The Hall–Kier alpha value is -2.28. The number of terminal acetylenes is 1. The quantitative estimate of drug-likeness (QED) is 0.858. The van der Waals surface area contributed by atoms with Crippen molar-refractivity contribution in [1.29, 1.82) is 0 Å². The summed E-state index contributed by atoms with van der Waals surface area (Å²) in [5.41, 5.74) is 0.784. The first-order chi connectivity index (χ1) is 10.1. The van der Waals surface area contributed by atoms with Gasteiger partial charge < -0.3 is 10.2 Å². The minimum Gasteiger partial charge on any atom is -0.342 e. The zero-order valence-corrected chi connectivity index (χ0v) is 12.4. The number of amides is 2. The molecule has 0 saturated carbocycles. The largest absolute Gasteiger partial charge is 0.342 e. The van der Waals surface area contributed by atoms with Crippen LogP contribution in [0.4, 0.5) is 0 Å². The summed E-state index contributed by atoms with van der Waals surface area (Å²) >= 11 is 0. The predicted octanol–water partition coefficient (Wildman–Crippen LogP) is 1.88. The van der Waals surface area contributed by atoms with Gasteiger partial charge in [-0.2, -0.15) is 0 Å². The average molecular weight is 284 g/mol. The van der Waals surface area contributed by atoms with Crippen LogP contribution >= 0.6 is 0 Å². The number of nitrogens with zero attached hydrogens (tertiary/aromatic N) is 1. The lowest BCUT2D eigenvalue weighted by molar-refractivity contribution is -0.150. The number of carbonyl (C=O) groups excluding carboxylic acids is 2. The van der Waals surface area contributed by atoms with Crippen LogP contribution in [0.25, 0.3) is 0 Å². The van der Waals surface area contributed by atoms with Crippen molar-refractivity contribution in [1.82, 2.24) is 10.2 Å². The summed E-state index contributed by atoms with van der Waals surface area (Å²) in [6.45, 7) is 3.70. The Morgan fingerprint density at radius 1 is 1.33 bits per heavy atom. The summed E-state index contributed by atoms with van der Waals surface area (Å²) in [7, 11) is 0. The molecular weight excluding hydrogens is 264 g/mol. The van der Waals surface area contributed by atoms with Gasteiger partial charge >= 0.3 is 0 Å². The van der Waals surface area contributed by atoms with Crippen LogP contribution in [-0.4, -0.2) is 28.8 Å². The molecule has 1 aliphatic rings. The van der Waals surface area contributed by atoms with Crippen LogP contribution in [0.1, 0.15) is 38.3 Å². The average Bonchev–Trinajstić information content (AvgIpc) is 2.49. The molecule has 3 unspecified atom stereocenters. The van der Waals surface area contributed by atoms with Crippen LogP contribution in [0.15, 0.2) is 30.3 Å². The Bertz CT molecular complexity index is 562. The molecular formula is C17H20N2O2. The summed E-state index contributed by atoms with van der Waals surface area (Å²) in [4.78, 5) is 26.5. The molecule has 0 bridgehead atoms. The fourth-order valence-electron chi connectivity index (χ4n) is 2.69. The smallest absolute Gasteiger partial charge is 0.248 e. The van der Waals surface area contributed by atoms with Gasteiger partial charge in [-0.1, -0.05) is 49.6 Å². The van der Waals surface area contributed by atoms with Crippen LogP contribution in [0.3, 0.4) is 0 Å². The van der Waals surface area contributed by atoms with Crippen molar-refractivity contribution in [2.24, 2.45) is 0 Å². The first-order valence-corrected chi connectivity index (χ1v) is 7.23. The molecule has 1 aliphatic heterocycles. The van der Waals surface area contributed by atoms with Crippen LogP contribution in [-0.2, 0) is 9.59 Å². The van der Waals surface area contributed by atoms with Crippen molar-refractivity contribution >= 4 is 11.8 Å². The minimum atomic E-state index is -0.650. The van der Waals surface area contributed by atoms with Crippen molar-refractivity contribution in [3.63, 3.8) is 0 Å². The third-order valence-corrected chi connectivity index (χ3v) is 3.72. The molecule has 4 heteroatoms. The van der Waals surface area contributed by atoms with E-state index in [9.17, 15) is 9.59 Å². The number of carbonyl (C=O) groups is 2. The van der Waals surface area contributed by atoms with Gasteiger partial charge in [-0.3, -0.25) is 9.59 Å². The number of nitrogens with one attached hydrogen (secondary N) is 1. The number of hydrogen-bond donors (Lipinski definition) is 1. The second-order valence-corrected chi connectivity index (χ2v) is 5.26. The third-order valence-electron chi connectivity index (χ3n) is 3.72. The highest BCUT2D eigenvalue weighted by molar-refractivity contribution is 5.97. The molecule has 1 aromatic carbocycles. The monoisotopic (exact) mass is 284 g/mol. The molecule has 2 amide bonds. The number of rotatable bonds is 4. The molecule has 1 N–H and O–H groups in total. The SMILES string of the molecule is C#CC(CCC)N1C(=O)C(C)NC(=O)C1c1ccccc1. The van der Waals surface area contributed by atoms with Gasteiger partial charge in [-0.25, -0.2) is 0 Å². The highest BCUT2D eigenvalue weighted by Crippen LogP contribution is 2.28. The Balaban J connectivity index is 2.44. The van der Waals surface area contributed by atoms with Crippen molar-refractivity contribution in [2.75, 3.05) is 0 Å². The molecule has 0 aromatic heterocycles. The van der Waals surface area contributed by atoms with Crippen molar-refractivity contribution in [3.8, 4) is 12.3 Å². The van der Waals surface area contributed by atoms with E-state index in [1.54, 1.807) is 11.8 Å². The Morgan fingerprint density at radius 3 is 2.57 bits per heavy atom. The molecule has 0 radical (unpaired) electrons. The van der Waals surface area contributed by atoms with Gasteiger partial charge in [0.25, 0.3) is 0 Å². The highest BCUT2D eigenvalue weighted by Gasteiger charge is 2.42. The molecule has 21 heavy (non-hydrogen) atoms. The fourth-order valence-corrected chi connectivity index (χ4v) is 2.69. The molecule has 3 atom stereocenters. The first-order valence-electron chi connectivity index (χ1n) is 7.23. The van der Waals surface area contributed by atoms with E-state index in [0.29, 0.717) is 6.42 Å². The van der Waals surface area contributed by atoms with E-state index >= 15 is 0 Å². The normalized spacial score (nSPS) is 23.4. The first kappa shape index (κ1) is 15.1. The molecule has 2 rings (SSSR count). The Kier molecular flexibility index (Phi) is 4.64. The zero-order valence-electron chi connectivity index (χ0n) is 12.4. The number of benzene rings is 1. The standard InChI is InChI=1S/C17H20N2O2/c1-4-9-14(5-2)19-15(13-10-7-6-8-11-13)16(20)18-12(3)17(19)21/h2,6-8,10-12,14-15H,4,9H2,1,3H3,(H,18,20). The number of hydrogen-bond acceptors (Lipinski definition) is 2. The lowest BCUT2D eigenvalue weighted by atomic mass is 9.96.